The molecule has 9 aromatic rings. The fourth-order valence-electron chi connectivity index (χ4n) is 8.65. The monoisotopic (exact) mass is 731 g/mol. The van der Waals surface area contributed by atoms with Crippen LogP contribution >= 0.6 is 11.8 Å². The molecular weight excluding hydrogens is 699 g/mol. The van der Waals surface area contributed by atoms with Gasteiger partial charge in [-0.2, -0.15) is 0 Å². The number of aromatic nitrogens is 3. The Bertz CT molecular complexity index is 2820. The molecule has 1 aliphatic heterocycles. The molecule has 56 heavy (non-hydrogen) atoms. The number of nitrogens with zero attached hydrogens (tertiary/aromatic N) is 3. The number of hydrogen-bond acceptors (Lipinski definition) is 4. The average Bonchev–Trinajstić information content (AvgIpc) is 3.57. The van der Waals surface area contributed by atoms with Gasteiger partial charge >= 0.3 is 0 Å². The van der Waals surface area contributed by atoms with E-state index in [-0.39, 0.29) is 5.41 Å². The van der Waals surface area contributed by atoms with E-state index in [0.29, 0.717) is 17.5 Å². The van der Waals surface area contributed by atoms with E-state index < -0.39 is 0 Å². The van der Waals surface area contributed by atoms with Gasteiger partial charge in [0.15, 0.2) is 17.5 Å². The third-order valence-electron chi connectivity index (χ3n) is 11.2. The number of fused-ring (bicyclic) bond motifs is 9. The second-order valence-electron chi connectivity index (χ2n) is 14.3. The van der Waals surface area contributed by atoms with Crippen LogP contribution in [-0.4, -0.2) is 15.0 Å². The van der Waals surface area contributed by atoms with Gasteiger partial charge < -0.3 is 0 Å². The van der Waals surface area contributed by atoms with Crippen molar-refractivity contribution in [1.82, 2.24) is 15.0 Å². The van der Waals surface area contributed by atoms with Gasteiger partial charge in [0.1, 0.15) is 0 Å². The first kappa shape index (κ1) is 32.5. The van der Waals surface area contributed by atoms with Gasteiger partial charge in [-0.05, 0) is 67.8 Å². The summed E-state index contributed by atoms with van der Waals surface area (Å²) >= 11 is 1.89. The molecule has 2 aliphatic rings. The van der Waals surface area contributed by atoms with E-state index in [4.69, 9.17) is 15.0 Å². The fraction of sp³-hybridized carbons (Fsp3) is 0.0192. The van der Waals surface area contributed by atoms with Gasteiger partial charge in [0, 0.05) is 26.5 Å². The lowest BCUT2D eigenvalue weighted by Gasteiger charge is -2.39. The summed E-state index contributed by atoms with van der Waals surface area (Å²) in [6, 6.07) is 71.6. The molecule has 1 aromatic heterocycles. The predicted molar refractivity (Wildman–Crippen MR) is 228 cm³/mol. The van der Waals surface area contributed by atoms with Gasteiger partial charge in [-0.25, -0.2) is 15.0 Å². The first-order valence-electron chi connectivity index (χ1n) is 18.9. The van der Waals surface area contributed by atoms with Crippen LogP contribution in [0.5, 0.6) is 0 Å². The van der Waals surface area contributed by atoms with Gasteiger partial charge in [0.25, 0.3) is 0 Å². The van der Waals surface area contributed by atoms with Crippen LogP contribution in [0, 0.1) is 0 Å². The molecule has 11 rings (SSSR count). The van der Waals surface area contributed by atoms with Gasteiger partial charge in [-0.1, -0.05) is 200 Å². The second-order valence-corrected chi connectivity index (χ2v) is 15.4. The molecule has 262 valence electrons. The highest BCUT2D eigenvalue weighted by atomic mass is 32.2. The summed E-state index contributed by atoms with van der Waals surface area (Å²) in [4.78, 5) is 17.3. The summed E-state index contributed by atoms with van der Waals surface area (Å²) in [5, 5.41) is 0. The second kappa shape index (κ2) is 13.2. The van der Waals surface area contributed by atoms with E-state index >= 15 is 0 Å². The Balaban J connectivity index is 0.929. The Morgan fingerprint density at radius 3 is 1.20 bits per heavy atom. The van der Waals surface area contributed by atoms with Crippen LogP contribution < -0.4 is 0 Å². The standard InChI is InChI=1S/C52H33N3S/c1-3-13-37(14-4-1)49-53-50(38-15-5-2-6-16-38)55-51(54-49)39-29-27-35(28-30-39)34-23-25-36(26-24-34)40-31-32-46-48(33-40)56-47-22-12-11-21-45(47)52(46)43-19-9-7-17-41(43)42-18-8-10-20-44(42)52/h1-33H. The third-order valence-corrected chi connectivity index (χ3v) is 12.4. The molecule has 2 heterocycles. The molecule has 0 fully saturated rings. The fourth-order valence-corrected chi connectivity index (χ4v) is 9.88. The molecule has 0 amide bonds. The zero-order chi connectivity index (χ0) is 37.1. The van der Waals surface area contributed by atoms with Crippen molar-refractivity contribution in [3.05, 3.63) is 222 Å². The smallest absolute Gasteiger partial charge is 0.164 e. The maximum Gasteiger partial charge on any atom is 0.164 e. The Hall–Kier alpha value is -6.88. The highest BCUT2D eigenvalue weighted by Gasteiger charge is 2.50. The summed E-state index contributed by atoms with van der Waals surface area (Å²) in [5.41, 5.74) is 15.3. The van der Waals surface area contributed by atoms with Crippen LogP contribution in [0.2, 0.25) is 0 Å². The minimum Gasteiger partial charge on any atom is -0.208 e. The molecule has 0 saturated carbocycles. The Morgan fingerprint density at radius 2 is 0.661 bits per heavy atom. The average molecular weight is 732 g/mol. The zero-order valence-electron chi connectivity index (χ0n) is 30.3. The number of rotatable bonds is 5. The highest BCUT2D eigenvalue weighted by molar-refractivity contribution is 7.99. The van der Waals surface area contributed by atoms with Gasteiger partial charge in [0.05, 0.1) is 5.41 Å². The quantitative estimate of drug-likeness (QED) is 0.177. The predicted octanol–water partition coefficient (Wildman–Crippen LogP) is 13.0. The van der Waals surface area contributed by atoms with Crippen molar-refractivity contribution >= 4 is 11.8 Å². The molecule has 3 nitrogen and oxygen atoms in total. The Morgan fingerprint density at radius 1 is 0.286 bits per heavy atom. The SMILES string of the molecule is c1ccc(-c2nc(-c3ccccc3)nc(-c3ccc(-c4ccc(-c5ccc6c(c5)Sc5ccccc5C65c6ccccc6-c6ccccc65)cc4)cc3)n2)cc1. The molecule has 0 atom stereocenters. The molecule has 8 aromatic carbocycles. The molecule has 0 unspecified atom stereocenters. The van der Waals surface area contributed by atoms with Crippen molar-refractivity contribution < 1.29 is 0 Å². The molecule has 1 aliphatic carbocycles. The van der Waals surface area contributed by atoms with Crippen molar-refractivity contribution in [1.29, 1.82) is 0 Å². The lowest BCUT2D eigenvalue weighted by Crippen LogP contribution is -2.31. The van der Waals surface area contributed by atoms with Crippen LogP contribution in [0.25, 0.3) is 67.5 Å². The highest BCUT2D eigenvalue weighted by Crippen LogP contribution is 2.62. The molecule has 0 radical (unpaired) electrons. The lowest BCUT2D eigenvalue weighted by molar-refractivity contribution is 0.722. The van der Waals surface area contributed by atoms with E-state index in [1.807, 2.05) is 72.4 Å². The van der Waals surface area contributed by atoms with E-state index in [1.165, 1.54) is 54.3 Å². The third kappa shape index (κ3) is 5.18. The summed E-state index contributed by atoms with van der Waals surface area (Å²) in [6.45, 7) is 0. The molecule has 4 heteroatoms. The van der Waals surface area contributed by atoms with Gasteiger partial charge in [-0.15, -0.1) is 0 Å². The van der Waals surface area contributed by atoms with Crippen LogP contribution in [-0.2, 0) is 5.41 Å². The molecule has 0 bridgehead atoms. The number of hydrogen-bond donors (Lipinski definition) is 0. The lowest BCUT2D eigenvalue weighted by atomic mass is 9.67. The van der Waals surface area contributed by atoms with E-state index in [1.54, 1.807) is 0 Å². The Labute approximate surface area is 330 Å². The first-order chi connectivity index (χ1) is 27.7. The van der Waals surface area contributed by atoms with E-state index in [0.717, 1.165) is 27.8 Å². The van der Waals surface area contributed by atoms with Crippen molar-refractivity contribution in [3.63, 3.8) is 0 Å². The van der Waals surface area contributed by atoms with Crippen LogP contribution in [0.15, 0.2) is 210 Å². The van der Waals surface area contributed by atoms with Crippen molar-refractivity contribution in [2.75, 3.05) is 0 Å². The van der Waals surface area contributed by atoms with E-state index in [9.17, 15) is 0 Å². The van der Waals surface area contributed by atoms with Crippen molar-refractivity contribution in [3.8, 4) is 67.5 Å². The molecule has 0 N–H and O–H groups in total. The summed E-state index contributed by atoms with van der Waals surface area (Å²) in [7, 11) is 0. The van der Waals surface area contributed by atoms with Gasteiger partial charge in [-0.3, -0.25) is 0 Å². The first-order valence-corrected chi connectivity index (χ1v) is 19.8. The normalized spacial score (nSPS) is 13.1. The Kier molecular flexibility index (Phi) is 7.64. The summed E-state index contributed by atoms with van der Waals surface area (Å²) in [5.74, 6) is 1.97. The molecule has 0 saturated heterocycles. The summed E-state index contributed by atoms with van der Waals surface area (Å²) in [6.07, 6.45) is 0. The van der Waals surface area contributed by atoms with Gasteiger partial charge in [0.2, 0.25) is 0 Å². The zero-order valence-corrected chi connectivity index (χ0v) is 31.1. The summed E-state index contributed by atoms with van der Waals surface area (Å²) < 4.78 is 0. The molecular formula is C52H33N3S. The topological polar surface area (TPSA) is 38.7 Å². The van der Waals surface area contributed by atoms with Crippen molar-refractivity contribution in [2.24, 2.45) is 0 Å². The van der Waals surface area contributed by atoms with Crippen LogP contribution in [0.3, 0.4) is 0 Å². The maximum absolute atomic E-state index is 4.91. The number of benzene rings is 8. The van der Waals surface area contributed by atoms with Crippen molar-refractivity contribution in [2.45, 2.75) is 15.2 Å². The minimum absolute atomic E-state index is 0.355. The maximum atomic E-state index is 4.91. The largest absolute Gasteiger partial charge is 0.208 e. The van der Waals surface area contributed by atoms with Crippen LogP contribution in [0.1, 0.15) is 22.3 Å². The van der Waals surface area contributed by atoms with E-state index in [2.05, 4.69) is 140 Å². The minimum atomic E-state index is -0.355. The molecule has 1 spiro atoms. The van der Waals surface area contributed by atoms with Crippen LogP contribution in [0.4, 0.5) is 0 Å².